The Kier molecular flexibility index (Phi) is 4.71. The van der Waals surface area contributed by atoms with Crippen molar-refractivity contribution in [2.75, 3.05) is 26.1 Å². The zero-order valence-corrected chi connectivity index (χ0v) is 15.0. The molecule has 140 valence electrons. The third kappa shape index (κ3) is 3.47. The number of nitrogens with zero attached hydrogens (tertiary/aromatic N) is 5. The number of aromatic amines is 1. The molecule has 0 amide bonds. The Hall–Kier alpha value is -3.40. The molecule has 4 aromatic rings. The molecule has 27 heavy (non-hydrogen) atoms. The van der Waals surface area contributed by atoms with Crippen LogP contribution in [-0.2, 0) is 11.3 Å². The first-order valence-electron chi connectivity index (χ1n) is 8.39. The molecule has 10 nitrogen and oxygen atoms in total. The fourth-order valence-corrected chi connectivity index (χ4v) is 2.70. The zero-order chi connectivity index (χ0) is 18.6. The number of furan rings is 1. The van der Waals surface area contributed by atoms with E-state index in [1.807, 2.05) is 10.9 Å². The van der Waals surface area contributed by atoms with E-state index in [1.165, 1.54) is 0 Å². The van der Waals surface area contributed by atoms with Crippen LogP contribution in [0, 0.1) is 0 Å². The Morgan fingerprint density at radius 2 is 2.22 bits per heavy atom. The lowest BCUT2D eigenvalue weighted by atomic mass is 10.3. The molecule has 0 saturated carbocycles. The number of aromatic nitrogens is 6. The topological polar surface area (TPSA) is 116 Å². The number of anilines is 2. The van der Waals surface area contributed by atoms with Gasteiger partial charge in [-0.2, -0.15) is 5.10 Å². The number of fused-ring (bicyclic) bond motifs is 1. The maximum absolute atomic E-state index is 5.39. The molecule has 0 unspecified atom stereocenters. The van der Waals surface area contributed by atoms with E-state index in [2.05, 4.69) is 30.6 Å². The third-order valence-electron chi connectivity index (χ3n) is 3.99. The van der Waals surface area contributed by atoms with E-state index in [0.717, 1.165) is 18.5 Å². The first-order valence-corrected chi connectivity index (χ1v) is 8.39. The number of H-pyrrole nitrogens is 1. The molecule has 4 rings (SSSR count). The molecule has 4 aromatic heterocycles. The number of methoxy groups -OCH3 is 2. The van der Waals surface area contributed by atoms with E-state index >= 15 is 0 Å². The van der Waals surface area contributed by atoms with Crippen molar-refractivity contribution in [3.63, 3.8) is 0 Å². The lowest BCUT2D eigenvalue weighted by Crippen LogP contribution is -2.02. The fraction of sp³-hybridized carbons (Fsp3) is 0.294. The molecule has 0 saturated heterocycles. The van der Waals surface area contributed by atoms with E-state index in [9.17, 15) is 0 Å². The van der Waals surface area contributed by atoms with Crippen LogP contribution < -0.4 is 10.1 Å². The van der Waals surface area contributed by atoms with Gasteiger partial charge in [0.2, 0.25) is 0 Å². The van der Waals surface area contributed by atoms with Crippen molar-refractivity contribution in [3.8, 4) is 17.3 Å². The minimum atomic E-state index is 0.476. The molecule has 0 aliphatic carbocycles. The van der Waals surface area contributed by atoms with Crippen molar-refractivity contribution in [1.82, 2.24) is 29.9 Å². The average Bonchev–Trinajstić information content (AvgIpc) is 3.42. The first kappa shape index (κ1) is 17.0. The van der Waals surface area contributed by atoms with Crippen molar-refractivity contribution in [2.45, 2.75) is 13.0 Å². The Balaban J connectivity index is 1.68. The molecule has 0 aliphatic rings. The van der Waals surface area contributed by atoms with Gasteiger partial charge >= 0.3 is 0 Å². The van der Waals surface area contributed by atoms with Gasteiger partial charge in [0.05, 0.1) is 31.3 Å². The summed E-state index contributed by atoms with van der Waals surface area (Å²) in [6, 6.07) is 1.81. The molecule has 0 radical (unpaired) electrons. The smallest absolute Gasteiger partial charge is 0.256 e. The normalized spacial score (nSPS) is 11.2. The van der Waals surface area contributed by atoms with Crippen molar-refractivity contribution >= 4 is 22.5 Å². The van der Waals surface area contributed by atoms with Gasteiger partial charge in [0, 0.05) is 20.3 Å². The van der Waals surface area contributed by atoms with Crippen LogP contribution in [0.3, 0.4) is 0 Å². The SMILES string of the molecule is COCCCn1cc(Nc2nc(-c3ccoc3)nc3cn[nH]c23)c(OC)n1. The molecule has 4 heterocycles. The second-order valence-corrected chi connectivity index (χ2v) is 5.82. The van der Waals surface area contributed by atoms with E-state index in [-0.39, 0.29) is 0 Å². The van der Waals surface area contributed by atoms with Crippen LogP contribution in [0.4, 0.5) is 11.5 Å². The van der Waals surface area contributed by atoms with E-state index < -0.39 is 0 Å². The molecule has 0 spiro atoms. The molecule has 0 atom stereocenters. The maximum atomic E-state index is 5.39. The number of hydrogen-bond donors (Lipinski definition) is 2. The predicted molar refractivity (Wildman–Crippen MR) is 97.9 cm³/mol. The van der Waals surface area contributed by atoms with Gasteiger partial charge < -0.3 is 19.2 Å². The van der Waals surface area contributed by atoms with Crippen LogP contribution in [0.2, 0.25) is 0 Å². The monoisotopic (exact) mass is 369 g/mol. The van der Waals surface area contributed by atoms with E-state index in [1.54, 1.807) is 39.0 Å². The number of aryl methyl sites for hydroxylation is 1. The number of rotatable bonds is 8. The molecule has 0 bridgehead atoms. The lowest BCUT2D eigenvalue weighted by Gasteiger charge is -2.07. The summed E-state index contributed by atoms with van der Waals surface area (Å²) < 4.78 is 17.4. The lowest BCUT2D eigenvalue weighted by molar-refractivity contribution is 0.188. The highest BCUT2D eigenvalue weighted by Gasteiger charge is 2.16. The largest absolute Gasteiger partial charge is 0.478 e. The molecule has 2 N–H and O–H groups in total. The molecule has 0 aromatic carbocycles. The summed E-state index contributed by atoms with van der Waals surface area (Å²) >= 11 is 0. The number of ether oxygens (including phenoxy) is 2. The minimum absolute atomic E-state index is 0.476. The Morgan fingerprint density at radius 1 is 1.30 bits per heavy atom. The molecular weight excluding hydrogens is 350 g/mol. The predicted octanol–water partition coefficient (Wildman–Crippen LogP) is 2.60. The van der Waals surface area contributed by atoms with E-state index in [0.29, 0.717) is 40.8 Å². The van der Waals surface area contributed by atoms with Crippen LogP contribution in [-0.4, -0.2) is 50.8 Å². The second kappa shape index (κ2) is 7.46. The van der Waals surface area contributed by atoms with Crippen molar-refractivity contribution in [3.05, 3.63) is 31.0 Å². The molecule has 0 aliphatic heterocycles. The van der Waals surface area contributed by atoms with Crippen molar-refractivity contribution in [1.29, 1.82) is 0 Å². The highest BCUT2D eigenvalue weighted by molar-refractivity contribution is 5.88. The summed E-state index contributed by atoms with van der Waals surface area (Å²) in [6.45, 7) is 1.38. The number of hydrogen-bond acceptors (Lipinski definition) is 8. The fourth-order valence-electron chi connectivity index (χ4n) is 2.70. The maximum Gasteiger partial charge on any atom is 0.256 e. The molecule has 0 fully saturated rings. The summed E-state index contributed by atoms with van der Waals surface area (Å²) in [5, 5.41) is 14.7. The van der Waals surface area contributed by atoms with Crippen LogP contribution in [0.15, 0.2) is 35.4 Å². The van der Waals surface area contributed by atoms with Gasteiger partial charge in [0.25, 0.3) is 5.88 Å². The van der Waals surface area contributed by atoms with Gasteiger partial charge in [-0.15, -0.1) is 5.10 Å². The molecular formula is C17H19N7O3. The third-order valence-corrected chi connectivity index (χ3v) is 3.99. The first-order chi connectivity index (χ1) is 13.3. The Morgan fingerprint density at radius 3 is 3.00 bits per heavy atom. The van der Waals surface area contributed by atoms with Gasteiger partial charge in [0.15, 0.2) is 11.6 Å². The van der Waals surface area contributed by atoms with Gasteiger partial charge in [-0.3, -0.25) is 9.78 Å². The Bertz CT molecular complexity index is 1020. The summed E-state index contributed by atoms with van der Waals surface area (Å²) in [5.74, 6) is 1.58. The summed E-state index contributed by atoms with van der Waals surface area (Å²) in [5.41, 5.74) is 2.86. The molecule has 10 heteroatoms. The summed E-state index contributed by atoms with van der Waals surface area (Å²) in [7, 11) is 3.26. The second-order valence-electron chi connectivity index (χ2n) is 5.82. The standard InChI is InChI=1S/C17H19N7O3/c1-25-6-3-5-24-9-13(17(23-24)26-2)20-16-14-12(8-18-22-14)19-15(21-16)11-4-7-27-10-11/h4,7-10H,3,5-6H2,1-2H3,(H,18,22)(H,19,20,21). The highest BCUT2D eigenvalue weighted by atomic mass is 16.5. The zero-order valence-electron chi connectivity index (χ0n) is 15.0. The van der Waals surface area contributed by atoms with Crippen LogP contribution in [0.5, 0.6) is 5.88 Å². The van der Waals surface area contributed by atoms with Crippen molar-refractivity contribution in [2.24, 2.45) is 0 Å². The van der Waals surface area contributed by atoms with Gasteiger partial charge in [0.1, 0.15) is 23.0 Å². The summed E-state index contributed by atoms with van der Waals surface area (Å²) in [6.07, 6.45) is 7.55. The van der Waals surface area contributed by atoms with Gasteiger partial charge in [-0.25, -0.2) is 9.97 Å². The summed E-state index contributed by atoms with van der Waals surface area (Å²) in [4.78, 5) is 9.11. The van der Waals surface area contributed by atoms with Crippen LogP contribution in [0.25, 0.3) is 22.4 Å². The average molecular weight is 369 g/mol. The van der Waals surface area contributed by atoms with Gasteiger partial charge in [-0.05, 0) is 12.5 Å². The Labute approximate surface area is 154 Å². The van der Waals surface area contributed by atoms with Crippen LogP contribution >= 0.6 is 0 Å². The van der Waals surface area contributed by atoms with E-state index in [4.69, 9.17) is 13.9 Å². The van der Waals surface area contributed by atoms with Crippen LogP contribution in [0.1, 0.15) is 6.42 Å². The minimum Gasteiger partial charge on any atom is -0.478 e. The van der Waals surface area contributed by atoms with Crippen molar-refractivity contribution < 1.29 is 13.9 Å². The quantitative estimate of drug-likeness (QED) is 0.455. The highest BCUT2D eigenvalue weighted by Crippen LogP contribution is 2.30. The number of nitrogens with one attached hydrogen (secondary N) is 2. The van der Waals surface area contributed by atoms with Gasteiger partial charge in [-0.1, -0.05) is 0 Å².